The molecule has 1 saturated heterocycles. The van der Waals surface area contributed by atoms with Crippen molar-refractivity contribution in [2.45, 2.75) is 70.4 Å². The number of piperidine rings is 1. The van der Waals surface area contributed by atoms with Gasteiger partial charge in [-0.05, 0) is 68.0 Å². The number of carbonyl (C=O) groups is 2. The zero-order chi connectivity index (χ0) is 25.5. The standard InChI is InChI=1S/C30H39NO5/c1-4-5-7-12-28(32)36-30(20-24-17-26(34-2)27(35-3)18-25(24)29(30)33)19-22-13-15-31(16-14-22)21-23-10-8-6-9-11-23/h6,8-11,17-18,22H,4-5,7,12-16,19-21H2,1-3H3. The normalized spacial score (nSPS) is 20.2. The number of hydrogen-bond donors (Lipinski definition) is 0. The van der Waals surface area contributed by atoms with Crippen molar-refractivity contribution in [3.8, 4) is 11.5 Å². The van der Waals surface area contributed by atoms with Crippen molar-refractivity contribution in [1.82, 2.24) is 4.90 Å². The Labute approximate surface area is 214 Å². The maximum atomic E-state index is 13.8. The van der Waals surface area contributed by atoms with Crippen LogP contribution in [0, 0.1) is 5.92 Å². The molecule has 0 bridgehead atoms. The second-order valence-corrected chi connectivity index (χ2v) is 10.2. The van der Waals surface area contributed by atoms with E-state index in [0.717, 1.165) is 57.3 Å². The lowest BCUT2D eigenvalue weighted by Crippen LogP contribution is -2.45. The minimum Gasteiger partial charge on any atom is -0.493 e. The Balaban J connectivity index is 1.49. The fourth-order valence-corrected chi connectivity index (χ4v) is 5.65. The molecule has 1 atom stereocenters. The maximum absolute atomic E-state index is 13.8. The smallest absolute Gasteiger partial charge is 0.306 e. The van der Waals surface area contributed by atoms with Crippen LogP contribution in [0.5, 0.6) is 11.5 Å². The monoisotopic (exact) mass is 493 g/mol. The Bertz CT molecular complexity index is 1040. The summed E-state index contributed by atoms with van der Waals surface area (Å²) in [4.78, 5) is 29.2. The van der Waals surface area contributed by atoms with Gasteiger partial charge in [-0.3, -0.25) is 14.5 Å². The number of likely N-dealkylation sites (tertiary alicyclic amines) is 1. The number of hydrogen-bond acceptors (Lipinski definition) is 6. The van der Waals surface area contributed by atoms with E-state index in [1.807, 2.05) is 12.1 Å². The summed E-state index contributed by atoms with van der Waals surface area (Å²) in [6, 6.07) is 14.1. The van der Waals surface area contributed by atoms with E-state index in [1.54, 1.807) is 20.3 Å². The van der Waals surface area contributed by atoms with Crippen molar-refractivity contribution in [1.29, 1.82) is 0 Å². The Morgan fingerprint density at radius 2 is 1.72 bits per heavy atom. The van der Waals surface area contributed by atoms with Crippen molar-refractivity contribution in [2.24, 2.45) is 5.92 Å². The molecule has 6 nitrogen and oxygen atoms in total. The van der Waals surface area contributed by atoms with Crippen molar-refractivity contribution in [2.75, 3.05) is 27.3 Å². The van der Waals surface area contributed by atoms with Crippen molar-refractivity contribution < 1.29 is 23.8 Å². The number of fused-ring (bicyclic) bond motifs is 1. The van der Waals surface area contributed by atoms with Gasteiger partial charge in [-0.2, -0.15) is 0 Å². The third-order valence-electron chi connectivity index (χ3n) is 7.61. The number of ketones is 1. The molecule has 6 heteroatoms. The average molecular weight is 494 g/mol. The third kappa shape index (κ3) is 5.92. The lowest BCUT2D eigenvalue weighted by atomic mass is 9.82. The second-order valence-electron chi connectivity index (χ2n) is 10.2. The molecule has 0 amide bonds. The zero-order valence-corrected chi connectivity index (χ0v) is 21.9. The molecule has 2 aliphatic rings. The molecule has 36 heavy (non-hydrogen) atoms. The average Bonchev–Trinajstić information content (AvgIpc) is 3.15. The van der Waals surface area contributed by atoms with Gasteiger partial charge in [0, 0.05) is 24.9 Å². The summed E-state index contributed by atoms with van der Waals surface area (Å²) in [7, 11) is 3.15. The van der Waals surface area contributed by atoms with Crippen LogP contribution in [0.3, 0.4) is 0 Å². The molecular weight excluding hydrogens is 454 g/mol. The first-order valence-electron chi connectivity index (χ1n) is 13.3. The topological polar surface area (TPSA) is 65.1 Å². The van der Waals surface area contributed by atoms with Crippen LogP contribution < -0.4 is 9.47 Å². The molecule has 1 heterocycles. The number of Topliss-reactive ketones (excluding diaryl/α,β-unsaturated/α-hetero) is 1. The van der Waals surface area contributed by atoms with E-state index in [4.69, 9.17) is 14.2 Å². The zero-order valence-electron chi connectivity index (χ0n) is 21.9. The molecule has 0 spiro atoms. The van der Waals surface area contributed by atoms with Gasteiger partial charge in [0.25, 0.3) is 0 Å². The lowest BCUT2D eigenvalue weighted by Gasteiger charge is -2.36. The highest BCUT2D eigenvalue weighted by Gasteiger charge is 2.50. The van der Waals surface area contributed by atoms with Crippen LogP contribution in [-0.2, 0) is 22.5 Å². The molecule has 194 valence electrons. The number of esters is 1. The molecule has 2 aromatic rings. The van der Waals surface area contributed by atoms with Gasteiger partial charge >= 0.3 is 5.97 Å². The summed E-state index contributed by atoms with van der Waals surface area (Å²) in [5.74, 6) is 1.05. The van der Waals surface area contributed by atoms with E-state index in [9.17, 15) is 9.59 Å². The van der Waals surface area contributed by atoms with E-state index in [0.29, 0.717) is 42.2 Å². The Morgan fingerprint density at radius 3 is 2.39 bits per heavy atom. The summed E-state index contributed by atoms with van der Waals surface area (Å²) < 4.78 is 17.0. The molecular formula is C30H39NO5. The third-order valence-corrected chi connectivity index (χ3v) is 7.61. The molecule has 1 aliphatic heterocycles. The highest BCUT2D eigenvalue weighted by Crippen LogP contribution is 2.44. The number of ether oxygens (including phenoxy) is 3. The van der Waals surface area contributed by atoms with Gasteiger partial charge in [-0.25, -0.2) is 0 Å². The molecule has 0 radical (unpaired) electrons. The molecule has 4 rings (SSSR count). The highest BCUT2D eigenvalue weighted by molar-refractivity contribution is 6.08. The quantitative estimate of drug-likeness (QED) is 0.300. The van der Waals surface area contributed by atoms with Gasteiger partial charge in [0.2, 0.25) is 5.78 Å². The molecule has 1 unspecified atom stereocenters. The van der Waals surface area contributed by atoms with Gasteiger partial charge in [-0.1, -0.05) is 50.1 Å². The van der Waals surface area contributed by atoms with E-state index >= 15 is 0 Å². The molecule has 0 saturated carbocycles. The van der Waals surface area contributed by atoms with Crippen LogP contribution in [0.25, 0.3) is 0 Å². The van der Waals surface area contributed by atoms with Crippen LogP contribution in [0.2, 0.25) is 0 Å². The van der Waals surface area contributed by atoms with Gasteiger partial charge in [0.15, 0.2) is 17.1 Å². The lowest BCUT2D eigenvalue weighted by molar-refractivity contribution is -0.156. The Hall–Kier alpha value is -2.86. The van der Waals surface area contributed by atoms with Crippen LogP contribution in [0.15, 0.2) is 42.5 Å². The van der Waals surface area contributed by atoms with Gasteiger partial charge < -0.3 is 14.2 Å². The number of rotatable bonds is 11. The number of carbonyl (C=O) groups excluding carboxylic acids is 2. The first kappa shape index (κ1) is 26.2. The molecule has 1 fully saturated rings. The van der Waals surface area contributed by atoms with Gasteiger partial charge in [0.1, 0.15) is 0 Å². The molecule has 1 aliphatic carbocycles. The molecule has 0 N–H and O–H groups in total. The van der Waals surface area contributed by atoms with Crippen LogP contribution in [0.1, 0.15) is 73.4 Å². The number of unbranched alkanes of at least 4 members (excludes halogenated alkanes) is 2. The number of methoxy groups -OCH3 is 2. The summed E-state index contributed by atoms with van der Waals surface area (Å²) in [5, 5.41) is 0. The first-order valence-corrected chi connectivity index (χ1v) is 13.3. The largest absolute Gasteiger partial charge is 0.493 e. The fraction of sp³-hybridized carbons (Fsp3) is 0.533. The van der Waals surface area contributed by atoms with Gasteiger partial charge in [0.05, 0.1) is 14.2 Å². The second kappa shape index (κ2) is 11.9. The fourth-order valence-electron chi connectivity index (χ4n) is 5.65. The predicted molar refractivity (Wildman–Crippen MR) is 140 cm³/mol. The number of nitrogens with zero attached hydrogens (tertiary/aromatic N) is 1. The van der Waals surface area contributed by atoms with Gasteiger partial charge in [-0.15, -0.1) is 0 Å². The SMILES string of the molecule is CCCCCC(=O)OC1(CC2CCN(Cc3ccccc3)CC2)Cc2cc(OC)c(OC)cc2C1=O. The summed E-state index contributed by atoms with van der Waals surface area (Å²) >= 11 is 0. The van der Waals surface area contributed by atoms with Crippen molar-refractivity contribution >= 4 is 11.8 Å². The maximum Gasteiger partial charge on any atom is 0.306 e. The Kier molecular flexibility index (Phi) is 8.68. The van der Waals surface area contributed by atoms with E-state index < -0.39 is 5.60 Å². The van der Waals surface area contributed by atoms with Crippen LogP contribution >= 0.6 is 0 Å². The molecule has 2 aromatic carbocycles. The van der Waals surface area contributed by atoms with E-state index in [-0.39, 0.29) is 11.8 Å². The Morgan fingerprint density at radius 1 is 1.03 bits per heavy atom. The first-order chi connectivity index (χ1) is 17.5. The van der Waals surface area contributed by atoms with Crippen LogP contribution in [0.4, 0.5) is 0 Å². The minimum atomic E-state index is -1.14. The van der Waals surface area contributed by atoms with E-state index in [1.165, 1.54) is 5.56 Å². The van der Waals surface area contributed by atoms with Crippen LogP contribution in [-0.4, -0.2) is 49.6 Å². The van der Waals surface area contributed by atoms with Crippen molar-refractivity contribution in [3.05, 3.63) is 59.2 Å². The summed E-state index contributed by atoms with van der Waals surface area (Å²) in [6.07, 6.45) is 6.06. The molecule has 0 aromatic heterocycles. The summed E-state index contributed by atoms with van der Waals surface area (Å²) in [5.41, 5.74) is 1.61. The van der Waals surface area contributed by atoms with Crippen molar-refractivity contribution in [3.63, 3.8) is 0 Å². The predicted octanol–water partition coefficient (Wildman–Crippen LogP) is 5.61. The highest BCUT2D eigenvalue weighted by atomic mass is 16.6. The number of benzene rings is 2. The van der Waals surface area contributed by atoms with E-state index in [2.05, 4.69) is 36.1 Å². The summed E-state index contributed by atoms with van der Waals surface area (Å²) in [6.45, 7) is 5.00. The minimum absolute atomic E-state index is 0.103.